The molecule has 0 radical (unpaired) electrons. The quantitative estimate of drug-likeness (QED) is 0.623. The lowest BCUT2D eigenvalue weighted by molar-refractivity contribution is -0.130. The largest absolute Gasteiger partial charge is 0.329 e. The Bertz CT molecular complexity index is 447. The Morgan fingerprint density at radius 1 is 1.37 bits per heavy atom. The van der Waals surface area contributed by atoms with E-state index in [1.807, 2.05) is 6.07 Å². The molecule has 104 valence electrons. The van der Waals surface area contributed by atoms with Crippen molar-refractivity contribution in [3.05, 3.63) is 30.3 Å². The first-order valence-corrected chi connectivity index (χ1v) is 6.72. The Morgan fingerprint density at radius 2 is 1.95 bits per heavy atom. The fourth-order valence-corrected chi connectivity index (χ4v) is 1.93. The number of alkyl halides is 2. The number of Topliss-reactive ketones (excluding diaryl/α,β-unsaturated/α-hetero) is 1. The smallest absolute Gasteiger partial charge is 0.250 e. The molecular formula is C13H16Cl2N2O2. The van der Waals surface area contributed by atoms with Crippen molar-refractivity contribution in [1.82, 2.24) is 0 Å². The number of rotatable bonds is 6. The molecule has 1 amide bonds. The Hall–Kier alpha value is -1.10. The van der Waals surface area contributed by atoms with Crippen LogP contribution in [0.1, 0.15) is 6.92 Å². The topological polar surface area (TPSA) is 72.2 Å². The zero-order valence-corrected chi connectivity index (χ0v) is 12.0. The fourth-order valence-electron chi connectivity index (χ4n) is 1.37. The lowest BCUT2D eigenvalue weighted by Gasteiger charge is -2.25. The number of benzene rings is 1. The van der Waals surface area contributed by atoms with Gasteiger partial charge in [-0.25, -0.2) is 0 Å². The van der Waals surface area contributed by atoms with Gasteiger partial charge in [-0.15, -0.1) is 23.2 Å². The molecule has 0 heterocycles. The number of carbonyl (C=O) groups excluding carboxylic acids is 2. The summed E-state index contributed by atoms with van der Waals surface area (Å²) in [5, 5.41) is 1.25. The van der Waals surface area contributed by atoms with Crippen molar-refractivity contribution < 1.29 is 9.59 Å². The summed E-state index contributed by atoms with van der Waals surface area (Å²) in [4.78, 5) is 24.0. The van der Waals surface area contributed by atoms with Gasteiger partial charge in [-0.3, -0.25) is 9.59 Å². The Labute approximate surface area is 122 Å². The van der Waals surface area contributed by atoms with E-state index in [9.17, 15) is 9.59 Å². The lowest BCUT2D eigenvalue weighted by Crippen LogP contribution is -2.45. The summed E-state index contributed by atoms with van der Waals surface area (Å²) in [6.45, 7) is 1.63. The molecule has 1 aromatic rings. The second-order valence-electron chi connectivity index (χ2n) is 4.48. The van der Waals surface area contributed by atoms with E-state index in [2.05, 4.69) is 5.32 Å². The number of nitrogens with two attached hydrogens (primary N) is 1. The molecule has 0 bridgehead atoms. The van der Waals surface area contributed by atoms with Gasteiger partial charge in [-0.2, -0.15) is 0 Å². The van der Waals surface area contributed by atoms with Gasteiger partial charge < -0.3 is 11.1 Å². The summed E-state index contributed by atoms with van der Waals surface area (Å²) in [5.74, 6) is -1.03. The van der Waals surface area contributed by atoms with Gasteiger partial charge in [-0.05, 0) is 12.1 Å². The molecule has 2 unspecified atom stereocenters. The van der Waals surface area contributed by atoms with Crippen molar-refractivity contribution in [3.63, 3.8) is 0 Å². The third-order valence-electron chi connectivity index (χ3n) is 2.84. The summed E-state index contributed by atoms with van der Waals surface area (Å²) >= 11 is 11.6. The second-order valence-corrected chi connectivity index (χ2v) is 5.18. The van der Waals surface area contributed by atoms with E-state index < -0.39 is 22.5 Å². The zero-order valence-electron chi connectivity index (χ0n) is 10.5. The molecule has 0 saturated heterocycles. The summed E-state index contributed by atoms with van der Waals surface area (Å²) in [6, 6.07) is 8.76. The molecule has 0 aromatic heterocycles. The van der Waals surface area contributed by atoms with Gasteiger partial charge in [0.2, 0.25) is 5.91 Å². The number of nitrogens with one attached hydrogen (secondary N) is 1. The summed E-state index contributed by atoms with van der Waals surface area (Å²) < 4.78 is 0. The molecular weight excluding hydrogens is 287 g/mol. The van der Waals surface area contributed by atoms with Crippen molar-refractivity contribution in [2.45, 2.75) is 12.3 Å². The van der Waals surface area contributed by atoms with Crippen molar-refractivity contribution in [3.8, 4) is 0 Å². The molecule has 1 aromatic carbocycles. The van der Waals surface area contributed by atoms with Crippen LogP contribution in [0.25, 0.3) is 0 Å². The van der Waals surface area contributed by atoms with Crippen LogP contribution in [0.2, 0.25) is 0 Å². The van der Waals surface area contributed by atoms with Crippen molar-refractivity contribution >= 4 is 40.6 Å². The SMILES string of the molecule is CC(CN)(CCl)C(=O)C(Cl)C(=O)Nc1ccccc1. The van der Waals surface area contributed by atoms with E-state index in [-0.39, 0.29) is 12.4 Å². The Kier molecular flexibility index (Phi) is 5.79. The van der Waals surface area contributed by atoms with E-state index in [0.29, 0.717) is 5.69 Å². The molecule has 0 spiro atoms. The van der Waals surface area contributed by atoms with Crippen LogP contribution in [0, 0.1) is 5.41 Å². The maximum Gasteiger partial charge on any atom is 0.250 e. The number of ketones is 1. The van der Waals surface area contributed by atoms with Crippen LogP contribution in [0.4, 0.5) is 5.69 Å². The molecule has 3 N–H and O–H groups in total. The predicted octanol–water partition coefficient (Wildman–Crippen LogP) is 2.01. The molecule has 0 aliphatic carbocycles. The normalized spacial score (nSPS) is 15.4. The molecule has 1 rings (SSSR count). The fraction of sp³-hybridized carbons (Fsp3) is 0.385. The molecule has 6 heteroatoms. The number of para-hydroxylation sites is 1. The molecule has 0 aliphatic heterocycles. The molecule has 19 heavy (non-hydrogen) atoms. The van der Waals surface area contributed by atoms with Gasteiger partial charge in [0.1, 0.15) is 0 Å². The van der Waals surface area contributed by atoms with Gasteiger partial charge in [-0.1, -0.05) is 25.1 Å². The Morgan fingerprint density at radius 3 is 2.42 bits per heavy atom. The molecule has 0 saturated carbocycles. The van der Waals surface area contributed by atoms with Crippen LogP contribution < -0.4 is 11.1 Å². The molecule has 2 atom stereocenters. The number of hydrogen-bond acceptors (Lipinski definition) is 3. The number of halogens is 2. The standard InChI is InChI=1S/C13H16Cl2N2O2/c1-13(7-14,8-16)11(18)10(15)12(19)17-9-5-3-2-4-6-9/h2-6,10H,7-8,16H2,1H3,(H,17,19). The molecule has 0 fully saturated rings. The number of amides is 1. The highest BCUT2D eigenvalue weighted by molar-refractivity contribution is 6.44. The van der Waals surface area contributed by atoms with Crippen molar-refractivity contribution in [2.75, 3.05) is 17.7 Å². The van der Waals surface area contributed by atoms with Crippen LogP contribution in [0.15, 0.2) is 30.3 Å². The zero-order chi connectivity index (χ0) is 14.5. The van der Waals surface area contributed by atoms with Crippen LogP contribution in [0.3, 0.4) is 0 Å². The van der Waals surface area contributed by atoms with Crippen LogP contribution >= 0.6 is 23.2 Å². The van der Waals surface area contributed by atoms with Gasteiger partial charge in [0.25, 0.3) is 0 Å². The number of anilines is 1. The molecule has 4 nitrogen and oxygen atoms in total. The Balaban J connectivity index is 2.75. The summed E-state index contributed by atoms with van der Waals surface area (Å²) in [7, 11) is 0. The van der Waals surface area contributed by atoms with Crippen LogP contribution in [0.5, 0.6) is 0 Å². The van der Waals surface area contributed by atoms with Gasteiger partial charge in [0.05, 0.1) is 5.41 Å². The predicted molar refractivity (Wildman–Crippen MR) is 77.6 cm³/mol. The van der Waals surface area contributed by atoms with E-state index in [0.717, 1.165) is 0 Å². The first-order valence-electron chi connectivity index (χ1n) is 5.75. The first kappa shape index (κ1) is 16.0. The number of carbonyl (C=O) groups is 2. The van der Waals surface area contributed by atoms with E-state index in [4.69, 9.17) is 28.9 Å². The minimum absolute atomic E-state index is 0.0180. The van der Waals surface area contributed by atoms with E-state index in [1.165, 1.54) is 0 Å². The minimum Gasteiger partial charge on any atom is -0.329 e. The average Bonchev–Trinajstić information content (AvgIpc) is 2.45. The second kappa shape index (κ2) is 6.89. The highest BCUT2D eigenvalue weighted by Crippen LogP contribution is 2.23. The summed E-state index contributed by atoms with van der Waals surface area (Å²) in [6.07, 6.45) is 0. The van der Waals surface area contributed by atoms with Crippen LogP contribution in [-0.4, -0.2) is 29.5 Å². The average molecular weight is 303 g/mol. The third-order valence-corrected chi connectivity index (χ3v) is 3.83. The third kappa shape index (κ3) is 3.93. The highest BCUT2D eigenvalue weighted by atomic mass is 35.5. The van der Waals surface area contributed by atoms with Gasteiger partial charge in [0, 0.05) is 18.1 Å². The summed E-state index contributed by atoms with van der Waals surface area (Å²) in [5.41, 5.74) is 5.09. The first-order chi connectivity index (χ1) is 8.94. The maximum atomic E-state index is 12.1. The number of hydrogen-bond donors (Lipinski definition) is 2. The van der Waals surface area contributed by atoms with Crippen molar-refractivity contribution in [2.24, 2.45) is 11.1 Å². The van der Waals surface area contributed by atoms with Gasteiger partial charge >= 0.3 is 0 Å². The van der Waals surface area contributed by atoms with Crippen LogP contribution in [-0.2, 0) is 9.59 Å². The maximum absolute atomic E-state index is 12.1. The van der Waals surface area contributed by atoms with E-state index in [1.54, 1.807) is 31.2 Å². The van der Waals surface area contributed by atoms with Crippen molar-refractivity contribution in [1.29, 1.82) is 0 Å². The minimum atomic E-state index is -1.31. The monoisotopic (exact) mass is 302 g/mol. The molecule has 0 aliphatic rings. The highest BCUT2D eigenvalue weighted by Gasteiger charge is 2.38. The van der Waals surface area contributed by atoms with E-state index >= 15 is 0 Å². The van der Waals surface area contributed by atoms with Gasteiger partial charge in [0.15, 0.2) is 11.2 Å². The lowest BCUT2D eigenvalue weighted by atomic mass is 9.86.